The van der Waals surface area contributed by atoms with Crippen LogP contribution in [0.2, 0.25) is 10.0 Å². The van der Waals surface area contributed by atoms with E-state index in [1.165, 1.54) is 37.7 Å². The summed E-state index contributed by atoms with van der Waals surface area (Å²) in [7, 11) is 2.03. The third kappa shape index (κ3) is 1.88. The van der Waals surface area contributed by atoms with Crippen molar-refractivity contribution in [3.63, 3.8) is 0 Å². The molecule has 18 heavy (non-hydrogen) atoms. The van der Waals surface area contributed by atoms with Crippen molar-refractivity contribution in [2.75, 3.05) is 13.6 Å². The average molecular weight is 284 g/mol. The first-order chi connectivity index (χ1) is 8.59. The molecule has 1 aromatic carbocycles. The maximum absolute atomic E-state index is 6.40. The van der Waals surface area contributed by atoms with Crippen LogP contribution in [0.15, 0.2) is 18.2 Å². The van der Waals surface area contributed by atoms with E-state index in [1.54, 1.807) is 0 Å². The molecule has 3 heteroatoms. The Bertz CT molecular complexity index is 458. The molecule has 0 saturated heterocycles. The molecule has 0 amide bonds. The highest BCUT2D eigenvalue weighted by molar-refractivity contribution is 6.35. The predicted molar refractivity (Wildman–Crippen MR) is 77.6 cm³/mol. The van der Waals surface area contributed by atoms with Crippen LogP contribution >= 0.6 is 23.2 Å². The molecule has 2 aliphatic rings. The smallest absolute Gasteiger partial charge is 0.0458 e. The van der Waals surface area contributed by atoms with Gasteiger partial charge in [-0.3, -0.25) is 0 Å². The number of hydrogen-bond donors (Lipinski definition) is 1. The normalized spacial score (nSPS) is 23.5. The Kier molecular flexibility index (Phi) is 3.12. The second-order valence-electron chi connectivity index (χ2n) is 6.14. The zero-order valence-electron chi connectivity index (χ0n) is 10.7. The van der Waals surface area contributed by atoms with E-state index in [-0.39, 0.29) is 5.41 Å². The summed E-state index contributed by atoms with van der Waals surface area (Å²) in [4.78, 5) is 0. The van der Waals surface area contributed by atoms with Crippen molar-refractivity contribution in [1.82, 2.24) is 5.32 Å². The molecule has 1 aromatic rings. The lowest BCUT2D eigenvalue weighted by atomic mass is 9.43. The van der Waals surface area contributed by atoms with E-state index >= 15 is 0 Å². The van der Waals surface area contributed by atoms with Gasteiger partial charge in [-0.1, -0.05) is 35.7 Å². The lowest BCUT2D eigenvalue weighted by Crippen LogP contribution is -2.57. The zero-order chi connectivity index (χ0) is 12.8. The van der Waals surface area contributed by atoms with Gasteiger partial charge in [0.15, 0.2) is 0 Å². The van der Waals surface area contributed by atoms with Crippen molar-refractivity contribution in [2.24, 2.45) is 5.41 Å². The van der Waals surface area contributed by atoms with Gasteiger partial charge in [-0.05, 0) is 55.8 Å². The molecule has 0 aliphatic heterocycles. The molecule has 1 N–H and O–H groups in total. The Morgan fingerprint density at radius 2 is 1.94 bits per heavy atom. The SMILES string of the molecule is CNCC1(c2ccc(Cl)cc2Cl)CC2(CCC2)C1. The summed E-state index contributed by atoms with van der Waals surface area (Å²) in [6, 6.07) is 5.96. The molecule has 2 fully saturated rings. The first-order valence-electron chi connectivity index (χ1n) is 6.69. The van der Waals surface area contributed by atoms with Gasteiger partial charge in [-0.25, -0.2) is 0 Å². The fraction of sp³-hybridized carbons (Fsp3) is 0.600. The molecule has 3 rings (SSSR count). The summed E-state index contributed by atoms with van der Waals surface area (Å²) in [5.74, 6) is 0. The van der Waals surface area contributed by atoms with E-state index in [4.69, 9.17) is 23.2 Å². The summed E-state index contributed by atoms with van der Waals surface area (Å²) < 4.78 is 0. The number of benzene rings is 1. The molecule has 0 bridgehead atoms. The number of nitrogens with one attached hydrogen (secondary N) is 1. The molecule has 0 unspecified atom stereocenters. The van der Waals surface area contributed by atoms with Crippen molar-refractivity contribution in [1.29, 1.82) is 0 Å². The molecule has 2 saturated carbocycles. The third-order valence-electron chi connectivity index (χ3n) is 4.86. The number of halogens is 2. The van der Waals surface area contributed by atoms with Crippen LogP contribution in [0, 0.1) is 5.41 Å². The van der Waals surface area contributed by atoms with Crippen molar-refractivity contribution in [3.05, 3.63) is 33.8 Å². The van der Waals surface area contributed by atoms with Gasteiger partial charge in [-0.2, -0.15) is 0 Å². The van der Waals surface area contributed by atoms with Gasteiger partial charge >= 0.3 is 0 Å². The van der Waals surface area contributed by atoms with E-state index < -0.39 is 0 Å². The van der Waals surface area contributed by atoms with Crippen LogP contribution in [-0.2, 0) is 5.41 Å². The van der Waals surface area contributed by atoms with Gasteiger partial charge in [0.25, 0.3) is 0 Å². The molecule has 0 aromatic heterocycles. The summed E-state index contributed by atoms with van der Waals surface area (Å²) in [6.45, 7) is 1.01. The van der Waals surface area contributed by atoms with Crippen LogP contribution in [0.25, 0.3) is 0 Å². The van der Waals surface area contributed by atoms with Crippen molar-refractivity contribution in [3.8, 4) is 0 Å². The maximum Gasteiger partial charge on any atom is 0.0458 e. The Labute approximate surface area is 119 Å². The largest absolute Gasteiger partial charge is 0.319 e. The molecule has 1 nitrogen and oxygen atoms in total. The topological polar surface area (TPSA) is 12.0 Å². The van der Waals surface area contributed by atoms with E-state index in [2.05, 4.69) is 11.4 Å². The van der Waals surface area contributed by atoms with Gasteiger partial charge in [0.05, 0.1) is 0 Å². The second-order valence-corrected chi connectivity index (χ2v) is 6.99. The maximum atomic E-state index is 6.40. The van der Waals surface area contributed by atoms with E-state index in [1.807, 2.05) is 19.2 Å². The zero-order valence-corrected chi connectivity index (χ0v) is 12.2. The summed E-state index contributed by atoms with van der Waals surface area (Å²) in [6.07, 6.45) is 6.78. The van der Waals surface area contributed by atoms with E-state index in [0.717, 1.165) is 16.6 Å². The van der Waals surface area contributed by atoms with Crippen molar-refractivity contribution < 1.29 is 0 Å². The number of rotatable bonds is 3. The predicted octanol–water partition coefficient (Wildman–Crippen LogP) is 4.41. The highest BCUT2D eigenvalue weighted by Crippen LogP contribution is 2.65. The fourth-order valence-corrected chi connectivity index (χ4v) is 4.69. The third-order valence-corrected chi connectivity index (χ3v) is 5.41. The second kappa shape index (κ2) is 4.40. The Morgan fingerprint density at radius 1 is 1.22 bits per heavy atom. The quantitative estimate of drug-likeness (QED) is 0.866. The monoisotopic (exact) mass is 283 g/mol. The minimum atomic E-state index is 0.233. The molecule has 0 heterocycles. The summed E-state index contributed by atoms with van der Waals surface area (Å²) >= 11 is 12.4. The molecular weight excluding hydrogens is 265 g/mol. The van der Waals surface area contributed by atoms with Crippen molar-refractivity contribution in [2.45, 2.75) is 37.5 Å². The van der Waals surface area contributed by atoms with Crippen LogP contribution in [0.5, 0.6) is 0 Å². The lowest BCUT2D eigenvalue weighted by molar-refractivity contribution is -0.0475. The molecule has 98 valence electrons. The highest BCUT2D eigenvalue weighted by Gasteiger charge is 2.57. The summed E-state index contributed by atoms with van der Waals surface area (Å²) in [5.41, 5.74) is 2.15. The number of likely N-dealkylation sites (N-methyl/N-ethyl adjacent to an activating group) is 1. The molecule has 1 spiro atoms. The van der Waals surface area contributed by atoms with Gasteiger partial charge in [0.2, 0.25) is 0 Å². The Hall–Kier alpha value is -0.240. The summed E-state index contributed by atoms with van der Waals surface area (Å²) in [5, 5.41) is 4.89. The average Bonchev–Trinajstić information content (AvgIpc) is 2.21. The Balaban J connectivity index is 1.90. The van der Waals surface area contributed by atoms with Crippen molar-refractivity contribution >= 4 is 23.2 Å². The van der Waals surface area contributed by atoms with Gasteiger partial charge in [-0.15, -0.1) is 0 Å². The minimum absolute atomic E-state index is 0.233. The van der Waals surface area contributed by atoms with E-state index in [0.29, 0.717) is 5.41 Å². The molecule has 2 aliphatic carbocycles. The van der Waals surface area contributed by atoms with Crippen LogP contribution in [0.1, 0.15) is 37.7 Å². The van der Waals surface area contributed by atoms with Crippen LogP contribution in [0.4, 0.5) is 0 Å². The number of hydrogen-bond acceptors (Lipinski definition) is 1. The standard InChI is InChI=1S/C15H19Cl2N/c1-18-10-15(8-14(9-15)5-2-6-14)12-4-3-11(16)7-13(12)17/h3-4,7,18H,2,5-6,8-10H2,1H3. The van der Waals surface area contributed by atoms with Crippen LogP contribution in [0.3, 0.4) is 0 Å². The van der Waals surface area contributed by atoms with Crippen LogP contribution < -0.4 is 5.32 Å². The van der Waals surface area contributed by atoms with Gasteiger partial charge in [0, 0.05) is 22.0 Å². The van der Waals surface area contributed by atoms with E-state index in [9.17, 15) is 0 Å². The van der Waals surface area contributed by atoms with Gasteiger partial charge in [0.1, 0.15) is 0 Å². The minimum Gasteiger partial charge on any atom is -0.319 e. The highest BCUT2D eigenvalue weighted by atomic mass is 35.5. The Morgan fingerprint density at radius 3 is 2.44 bits per heavy atom. The first kappa shape index (κ1) is 12.8. The van der Waals surface area contributed by atoms with Crippen LogP contribution in [-0.4, -0.2) is 13.6 Å². The molecule has 0 radical (unpaired) electrons. The molecular formula is C15H19Cl2N. The molecule has 0 atom stereocenters. The first-order valence-corrected chi connectivity index (χ1v) is 7.45. The fourth-order valence-electron chi connectivity index (χ4n) is 4.08. The van der Waals surface area contributed by atoms with Gasteiger partial charge < -0.3 is 5.32 Å². The lowest BCUT2D eigenvalue weighted by Gasteiger charge is -2.62.